The number of sulfone groups is 1. The number of sulfonamides is 1. The Morgan fingerprint density at radius 2 is 1.49 bits per heavy atom. The van der Waals surface area contributed by atoms with E-state index in [2.05, 4.69) is 12.6 Å². The molecule has 210 valence electrons. The van der Waals surface area contributed by atoms with Crippen molar-refractivity contribution in [1.29, 1.82) is 0 Å². The number of benzene rings is 3. The summed E-state index contributed by atoms with van der Waals surface area (Å²) in [6.07, 6.45) is -4.90. The number of alkyl halides is 3. The molecule has 39 heavy (non-hydrogen) atoms. The fourth-order valence-corrected chi connectivity index (χ4v) is 8.07. The van der Waals surface area contributed by atoms with Crippen molar-refractivity contribution in [2.45, 2.75) is 39.4 Å². The first kappa shape index (κ1) is 29.4. The first-order valence-corrected chi connectivity index (χ1v) is 15.4. The summed E-state index contributed by atoms with van der Waals surface area (Å²) in [7, 11) is -7.88. The van der Waals surface area contributed by atoms with Gasteiger partial charge in [-0.15, -0.1) is 12.6 Å². The quantitative estimate of drug-likeness (QED) is 0.397. The lowest BCUT2D eigenvalue weighted by molar-refractivity contribution is -0.258. The summed E-state index contributed by atoms with van der Waals surface area (Å²) in [5.41, 5.74) is -3.05. The summed E-state index contributed by atoms with van der Waals surface area (Å²) < 4.78 is 94.6. The lowest BCUT2D eigenvalue weighted by Crippen LogP contribution is -2.57. The van der Waals surface area contributed by atoms with Gasteiger partial charge in [-0.25, -0.2) is 16.8 Å². The fraction of sp³-hybridized carbons (Fsp3) is 0.308. The van der Waals surface area contributed by atoms with Crippen molar-refractivity contribution in [3.05, 3.63) is 84.4 Å². The average molecular weight is 601 g/mol. The molecule has 1 fully saturated rings. The maximum atomic E-state index is 13.5. The molecule has 0 unspecified atom stereocenters. The molecule has 0 bridgehead atoms. The number of aliphatic hydroxyl groups is 1. The van der Waals surface area contributed by atoms with Crippen LogP contribution in [0.25, 0.3) is 0 Å². The molecule has 2 atom stereocenters. The van der Waals surface area contributed by atoms with Gasteiger partial charge in [0.25, 0.3) is 0 Å². The van der Waals surface area contributed by atoms with Crippen LogP contribution < -0.4 is 4.90 Å². The van der Waals surface area contributed by atoms with Gasteiger partial charge in [0.1, 0.15) is 0 Å². The van der Waals surface area contributed by atoms with Crippen molar-refractivity contribution >= 4 is 38.2 Å². The zero-order valence-electron chi connectivity index (χ0n) is 20.8. The number of piperazine rings is 1. The summed E-state index contributed by atoms with van der Waals surface area (Å²) in [6.45, 7) is 0.561. The highest BCUT2D eigenvalue weighted by Crippen LogP contribution is 2.39. The number of rotatable bonds is 7. The van der Waals surface area contributed by atoms with Crippen LogP contribution in [0.1, 0.15) is 12.5 Å². The van der Waals surface area contributed by atoms with Crippen LogP contribution in [-0.4, -0.2) is 63.9 Å². The number of hydrogen-bond acceptors (Lipinski definition) is 7. The van der Waals surface area contributed by atoms with Crippen molar-refractivity contribution < 1.29 is 35.1 Å². The summed E-state index contributed by atoms with van der Waals surface area (Å²) in [5.74, 6) is -0.437. The van der Waals surface area contributed by atoms with Crippen LogP contribution in [0.3, 0.4) is 0 Å². The van der Waals surface area contributed by atoms with E-state index in [4.69, 9.17) is 0 Å². The van der Waals surface area contributed by atoms with Gasteiger partial charge >= 0.3 is 6.18 Å². The Labute approximate surface area is 231 Å². The fourth-order valence-electron chi connectivity index (χ4n) is 4.46. The lowest BCUT2D eigenvalue weighted by atomic mass is 9.95. The molecule has 0 aliphatic carbocycles. The molecular weight excluding hydrogens is 573 g/mol. The summed E-state index contributed by atoms with van der Waals surface area (Å²) >= 11 is 4.27. The van der Waals surface area contributed by atoms with E-state index in [0.717, 1.165) is 12.1 Å². The molecule has 1 aliphatic rings. The zero-order chi connectivity index (χ0) is 28.6. The molecule has 1 aliphatic heterocycles. The predicted octanol–water partition coefficient (Wildman–Crippen LogP) is 4.10. The standard InChI is InChI=1S/C26H27F3N2O5S3/c1-25(32,26(27,28)29)19-11-13-20(14-12-19)31-16-15-30(39(35,36)24-10-6-5-9-23(24)37)17-21(31)18-38(33,34)22-7-3-2-4-8-22/h2-14,21,32,37H,15-18H2,1H3/t21-,25-/m1/s1. The zero-order valence-corrected chi connectivity index (χ0v) is 23.3. The number of hydrogen-bond donors (Lipinski definition) is 2. The smallest absolute Gasteiger partial charge is 0.376 e. The molecule has 7 nitrogen and oxygen atoms in total. The second kappa shape index (κ2) is 10.8. The van der Waals surface area contributed by atoms with Crippen LogP contribution in [-0.2, 0) is 25.5 Å². The van der Waals surface area contributed by atoms with Gasteiger partial charge in [-0.2, -0.15) is 17.5 Å². The second-order valence-corrected chi connectivity index (χ2v) is 13.8. The van der Waals surface area contributed by atoms with Gasteiger partial charge in [0.15, 0.2) is 15.4 Å². The topological polar surface area (TPSA) is 95.0 Å². The number of thiol groups is 1. The van der Waals surface area contributed by atoms with Gasteiger partial charge < -0.3 is 10.0 Å². The largest absolute Gasteiger partial charge is 0.421 e. The monoisotopic (exact) mass is 600 g/mol. The summed E-state index contributed by atoms with van der Waals surface area (Å²) in [4.78, 5) is 1.98. The third-order valence-corrected chi connectivity index (χ3v) is 11.0. The minimum absolute atomic E-state index is 0.00828. The molecule has 4 rings (SSSR count). The lowest BCUT2D eigenvalue weighted by Gasteiger charge is -2.42. The van der Waals surface area contributed by atoms with Gasteiger partial charge in [-0.05, 0) is 48.9 Å². The van der Waals surface area contributed by atoms with Gasteiger partial charge in [0.2, 0.25) is 10.0 Å². The molecular formula is C26H27F3N2O5S3. The Bertz CT molecular complexity index is 1530. The first-order valence-electron chi connectivity index (χ1n) is 11.9. The average Bonchev–Trinajstić information content (AvgIpc) is 2.88. The Balaban J connectivity index is 1.69. The summed E-state index contributed by atoms with van der Waals surface area (Å²) in [6, 6.07) is 18.0. The normalized spacial score (nSPS) is 19.0. The molecule has 1 saturated heterocycles. The molecule has 1 heterocycles. The van der Waals surface area contributed by atoms with E-state index < -0.39 is 43.4 Å². The maximum absolute atomic E-state index is 13.5. The van der Waals surface area contributed by atoms with Crippen LogP contribution in [0.2, 0.25) is 0 Å². The van der Waals surface area contributed by atoms with Crippen LogP contribution in [0.5, 0.6) is 0 Å². The summed E-state index contributed by atoms with van der Waals surface area (Å²) in [5, 5.41) is 10.0. The number of nitrogens with zero attached hydrogens (tertiary/aromatic N) is 2. The van der Waals surface area contributed by atoms with Gasteiger partial charge in [0, 0.05) is 30.2 Å². The van der Waals surface area contributed by atoms with Crippen molar-refractivity contribution in [3.8, 4) is 0 Å². The van der Waals surface area contributed by atoms with E-state index in [0.29, 0.717) is 12.6 Å². The Morgan fingerprint density at radius 3 is 2.08 bits per heavy atom. The third-order valence-electron chi connectivity index (χ3n) is 6.76. The minimum atomic E-state index is -4.90. The number of anilines is 1. The first-order chi connectivity index (χ1) is 18.1. The highest BCUT2D eigenvalue weighted by molar-refractivity contribution is 7.91. The van der Waals surface area contributed by atoms with Gasteiger partial charge in [-0.3, -0.25) is 0 Å². The Kier molecular flexibility index (Phi) is 8.12. The van der Waals surface area contributed by atoms with Crippen LogP contribution in [0, 0.1) is 0 Å². The third kappa shape index (κ3) is 5.97. The van der Waals surface area contributed by atoms with E-state index in [1.54, 1.807) is 41.3 Å². The van der Waals surface area contributed by atoms with Crippen molar-refractivity contribution in [2.75, 3.05) is 30.3 Å². The molecule has 0 aromatic heterocycles. The predicted molar refractivity (Wildman–Crippen MR) is 144 cm³/mol. The molecule has 13 heteroatoms. The second-order valence-electron chi connectivity index (χ2n) is 9.39. The van der Waals surface area contributed by atoms with E-state index >= 15 is 0 Å². The van der Waals surface area contributed by atoms with Crippen molar-refractivity contribution in [1.82, 2.24) is 4.31 Å². The number of halogens is 3. The van der Waals surface area contributed by atoms with Crippen LogP contribution in [0.15, 0.2) is 93.5 Å². The minimum Gasteiger partial charge on any atom is -0.376 e. The van der Waals surface area contributed by atoms with Gasteiger partial charge in [-0.1, -0.05) is 42.5 Å². The Hall–Kier alpha value is -2.58. The molecule has 1 N–H and O–H groups in total. The van der Waals surface area contributed by atoms with E-state index in [9.17, 15) is 35.1 Å². The molecule has 3 aromatic rings. The molecule has 3 aromatic carbocycles. The highest BCUT2D eigenvalue weighted by atomic mass is 32.2. The molecule has 0 saturated carbocycles. The van der Waals surface area contributed by atoms with Crippen LogP contribution >= 0.6 is 12.6 Å². The SMILES string of the molecule is C[C@@](O)(c1ccc(N2CCN(S(=O)(=O)c3ccccc3S)C[C@@H]2CS(=O)(=O)c2ccccc2)cc1)C(F)(F)F. The molecule has 0 spiro atoms. The molecule has 0 radical (unpaired) electrons. The van der Waals surface area contributed by atoms with E-state index in [1.807, 2.05) is 0 Å². The van der Waals surface area contributed by atoms with Crippen molar-refractivity contribution in [3.63, 3.8) is 0 Å². The maximum Gasteiger partial charge on any atom is 0.421 e. The van der Waals surface area contributed by atoms with Crippen LogP contribution in [0.4, 0.5) is 18.9 Å². The Morgan fingerprint density at radius 1 is 0.897 bits per heavy atom. The molecule has 0 amide bonds. The van der Waals surface area contributed by atoms with Crippen molar-refractivity contribution in [2.24, 2.45) is 0 Å². The van der Waals surface area contributed by atoms with E-state index in [-0.39, 0.29) is 39.9 Å². The highest BCUT2D eigenvalue weighted by Gasteiger charge is 2.51. The van der Waals surface area contributed by atoms with E-state index in [1.165, 1.54) is 34.6 Å². The van der Waals surface area contributed by atoms with Gasteiger partial charge in [0.05, 0.1) is 21.6 Å².